The van der Waals surface area contributed by atoms with Gasteiger partial charge in [-0.15, -0.1) is 0 Å². The number of carbonyl (C=O) groups is 1. The number of ketones is 1. The highest BCUT2D eigenvalue weighted by Gasteiger charge is 2.32. The number of benzene rings is 2. The van der Waals surface area contributed by atoms with Crippen LogP contribution in [0.25, 0.3) is 11.1 Å². The lowest BCUT2D eigenvalue weighted by atomic mass is 9.86. The van der Waals surface area contributed by atoms with Crippen molar-refractivity contribution in [2.24, 2.45) is 4.99 Å². The van der Waals surface area contributed by atoms with Gasteiger partial charge in [0.25, 0.3) is 0 Å². The van der Waals surface area contributed by atoms with Gasteiger partial charge in [0.1, 0.15) is 11.6 Å². The highest BCUT2D eigenvalue weighted by atomic mass is 16.4. The highest BCUT2D eigenvalue weighted by molar-refractivity contribution is 6.03. The minimum atomic E-state index is -0.317. The zero-order valence-corrected chi connectivity index (χ0v) is 14.6. The molecule has 1 aromatic heterocycles. The van der Waals surface area contributed by atoms with Crippen molar-refractivity contribution in [3.8, 4) is 0 Å². The molecule has 0 radical (unpaired) electrons. The molecule has 27 heavy (non-hydrogen) atoms. The van der Waals surface area contributed by atoms with Gasteiger partial charge in [0, 0.05) is 17.7 Å². The number of carbonyl (C=O) groups excluding carboxylic acids is 1. The lowest BCUT2D eigenvalue weighted by molar-refractivity contribution is -0.116. The molecule has 2 aliphatic rings. The third-order valence-corrected chi connectivity index (χ3v) is 4.89. The van der Waals surface area contributed by atoms with Crippen molar-refractivity contribution in [1.29, 1.82) is 0 Å². The number of nitrogens with one attached hydrogen (secondary N) is 2. The minimum absolute atomic E-state index is 0.169. The molecular formula is C21H18N4O2. The van der Waals surface area contributed by atoms with Crippen LogP contribution in [0, 0.1) is 0 Å². The Hall–Kier alpha value is -3.41. The van der Waals surface area contributed by atoms with Crippen molar-refractivity contribution >= 4 is 28.9 Å². The Morgan fingerprint density at radius 2 is 1.85 bits per heavy atom. The maximum atomic E-state index is 12.6. The van der Waals surface area contributed by atoms with E-state index in [1.165, 1.54) is 0 Å². The van der Waals surface area contributed by atoms with E-state index in [4.69, 9.17) is 9.41 Å². The van der Waals surface area contributed by atoms with Gasteiger partial charge in [0.15, 0.2) is 11.4 Å². The van der Waals surface area contributed by atoms with Crippen molar-refractivity contribution < 1.29 is 9.21 Å². The lowest BCUT2D eigenvalue weighted by Crippen LogP contribution is -2.38. The summed E-state index contributed by atoms with van der Waals surface area (Å²) in [5, 5.41) is 6.41. The van der Waals surface area contributed by atoms with Crippen molar-refractivity contribution in [2.75, 3.05) is 5.32 Å². The first-order valence-corrected chi connectivity index (χ1v) is 9.06. The Kier molecular flexibility index (Phi) is 3.74. The molecule has 0 fully saturated rings. The molecule has 134 valence electrons. The lowest BCUT2D eigenvalue weighted by Gasteiger charge is -2.30. The van der Waals surface area contributed by atoms with Gasteiger partial charge < -0.3 is 9.73 Å². The molecule has 6 nitrogen and oxygen atoms in total. The fourth-order valence-corrected chi connectivity index (χ4v) is 3.65. The Bertz CT molecular complexity index is 1050. The molecule has 0 saturated heterocycles. The van der Waals surface area contributed by atoms with Crippen LogP contribution >= 0.6 is 0 Å². The monoisotopic (exact) mass is 358 g/mol. The molecule has 1 aliphatic carbocycles. The third-order valence-electron chi connectivity index (χ3n) is 4.89. The summed E-state index contributed by atoms with van der Waals surface area (Å²) in [7, 11) is 0. The van der Waals surface area contributed by atoms with Gasteiger partial charge in [0.2, 0.25) is 5.96 Å². The van der Waals surface area contributed by atoms with Gasteiger partial charge in [0.05, 0.1) is 0 Å². The minimum Gasteiger partial charge on any atom is -0.423 e. The second kappa shape index (κ2) is 6.39. The summed E-state index contributed by atoms with van der Waals surface area (Å²) in [5.74, 6) is 0.714. The van der Waals surface area contributed by atoms with E-state index in [-0.39, 0.29) is 11.8 Å². The van der Waals surface area contributed by atoms with Crippen molar-refractivity contribution in [3.63, 3.8) is 0 Å². The van der Waals surface area contributed by atoms with E-state index in [9.17, 15) is 4.79 Å². The van der Waals surface area contributed by atoms with Crippen LogP contribution in [-0.2, 0) is 4.79 Å². The Balaban J connectivity index is 1.52. The predicted octanol–water partition coefficient (Wildman–Crippen LogP) is 3.95. The standard InChI is InChI=1S/C21H18N4O2/c26-16-11-6-10-15-18(16)19(13-7-2-1-3-8-13)24-20(22-15)25-21-23-14-9-4-5-12-17(14)27-21/h1-5,7-9,12,19H,6,10-11H2,(H2,22,23,24,25). The summed E-state index contributed by atoms with van der Waals surface area (Å²) in [6.07, 6.45) is 2.26. The number of para-hydroxylation sites is 2. The molecule has 0 amide bonds. The van der Waals surface area contributed by atoms with E-state index in [0.717, 1.165) is 35.2 Å². The van der Waals surface area contributed by atoms with Crippen molar-refractivity contribution in [3.05, 3.63) is 71.4 Å². The molecule has 2 aromatic carbocycles. The predicted molar refractivity (Wildman–Crippen MR) is 103 cm³/mol. The van der Waals surface area contributed by atoms with Gasteiger partial charge >= 0.3 is 6.01 Å². The molecule has 2 heterocycles. The second-order valence-electron chi connectivity index (χ2n) is 6.70. The second-order valence-corrected chi connectivity index (χ2v) is 6.70. The first kappa shape index (κ1) is 15.8. The number of oxazole rings is 1. The number of aliphatic imine (C=N–C) groups is 1. The summed E-state index contributed by atoms with van der Waals surface area (Å²) in [6, 6.07) is 17.6. The van der Waals surface area contributed by atoms with Crippen LogP contribution in [0.4, 0.5) is 6.01 Å². The van der Waals surface area contributed by atoms with Gasteiger partial charge in [-0.05, 0) is 30.5 Å². The molecule has 2 N–H and O–H groups in total. The highest BCUT2D eigenvalue weighted by Crippen LogP contribution is 2.36. The maximum absolute atomic E-state index is 12.6. The molecule has 6 heteroatoms. The summed E-state index contributed by atoms with van der Waals surface area (Å²) in [5.41, 5.74) is 4.20. The number of rotatable bonds is 2. The quantitative estimate of drug-likeness (QED) is 0.725. The average molecular weight is 358 g/mol. The molecule has 0 saturated carbocycles. The Morgan fingerprint density at radius 1 is 1.04 bits per heavy atom. The molecule has 1 aliphatic heterocycles. The SMILES string of the molecule is O=C1CCCC2=C1C(c1ccccc1)N=C(Nc1nc3ccccc3o1)N2. The van der Waals surface area contributed by atoms with E-state index >= 15 is 0 Å². The molecule has 3 aromatic rings. The number of fused-ring (bicyclic) bond motifs is 1. The van der Waals surface area contributed by atoms with Crippen LogP contribution in [0.5, 0.6) is 0 Å². The van der Waals surface area contributed by atoms with Crippen LogP contribution in [0.2, 0.25) is 0 Å². The number of hydrogen-bond acceptors (Lipinski definition) is 6. The zero-order chi connectivity index (χ0) is 18.2. The largest absolute Gasteiger partial charge is 0.423 e. The molecule has 0 spiro atoms. The normalized spacial score (nSPS) is 19.5. The molecule has 1 unspecified atom stereocenters. The Labute approximate surface area is 156 Å². The van der Waals surface area contributed by atoms with Gasteiger partial charge in [-0.2, -0.15) is 4.98 Å². The number of anilines is 1. The summed E-state index contributed by atoms with van der Waals surface area (Å²) in [6.45, 7) is 0. The van der Waals surface area contributed by atoms with E-state index < -0.39 is 0 Å². The number of guanidine groups is 1. The summed E-state index contributed by atoms with van der Waals surface area (Å²) in [4.78, 5) is 21.8. The van der Waals surface area contributed by atoms with E-state index in [2.05, 4.69) is 15.6 Å². The fraction of sp³-hybridized carbons (Fsp3) is 0.190. The fourth-order valence-electron chi connectivity index (χ4n) is 3.65. The van der Waals surface area contributed by atoms with E-state index in [1.54, 1.807) is 0 Å². The summed E-state index contributed by atoms with van der Waals surface area (Å²) >= 11 is 0. The molecule has 1 atom stereocenters. The number of aromatic nitrogens is 1. The average Bonchev–Trinajstić information content (AvgIpc) is 3.10. The maximum Gasteiger partial charge on any atom is 0.302 e. The zero-order valence-electron chi connectivity index (χ0n) is 14.6. The smallest absolute Gasteiger partial charge is 0.302 e. The molecule has 5 rings (SSSR count). The number of allylic oxidation sites excluding steroid dienone is 1. The number of nitrogens with zero attached hydrogens (tertiary/aromatic N) is 2. The van der Waals surface area contributed by atoms with E-state index in [1.807, 2.05) is 54.6 Å². The first-order valence-electron chi connectivity index (χ1n) is 9.06. The number of Topliss-reactive ketones (excluding diaryl/α,β-unsaturated/α-hetero) is 1. The van der Waals surface area contributed by atoms with E-state index in [0.29, 0.717) is 24.0 Å². The third kappa shape index (κ3) is 2.89. The summed E-state index contributed by atoms with van der Waals surface area (Å²) < 4.78 is 5.74. The topological polar surface area (TPSA) is 79.5 Å². The first-order chi connectivity index (χ1) is 13.3. The van der Waals surface area contributed by atoms with Crippen molar-refractivity contribution in [1.82, 2.24) is 10.3 Å². The van der Waals surface area contributed by atoms with Crippen LogP contribution in [0.15, 0.2) is 75.3 Å². The Morgan fingerprint density at radius 3 is 2.70 bits per heavy atom. The van der Waals surface area contributed by atoms with Gasteiger partial charge in [-0.25, -0.2) is 4.99 Å². The van der Waals surface area contributed by atoms with Crippen LogP contribution in [0.3, 0.4) is 0 Å². The number of hydrogen-bond donors (Lipinski definition) is 2. The van der Waals surface area contributed by atoms with Crippen molar-refractivity contribution in [2.45, 2.75) is 25.3 Å². The van der Waals surface area contributed by atoms with Crippen LogP contribution < -0.4 is 10.6 Å². The van der Waals surface area contributed by atoms with Gasteiger partial charge in [-0.3, -0.25) is 10.1 Å². The van der Waals surface area contributed by atoms with Gasteiger partial charge in [-0.1, -0.05) is 42.5 Å². The van der Waals surface area contributed by atoms with Crippen LogP contribution in [0.1, 0.15) is 30.9 Å². The molecule has 0 bridgehead atoms. The molecular weight excluding hydrogens is 340 g/mol. The van der Waals surface area contributed by atoms with Crippen LogP contribution in [-0.4, -0.2) is 16.7 Å².